The number of rotatable bonds is 4. The van der Waals surface area contributed by atoms with Gasteiger partial charge in [-0.2, -0.15) is 0 Å². The zero-order chi connectivity index (χ0) is 22.4. The summed E-state index contributed by atoms with van der Waals surface area (Å²) in [6.07, 6.45) is 5.14. The van der Waals surface area contributed by atoms with Gasteiger partial charge >= 0.3 is 0 Å². The van der Waals surface area contributed by atoms with E-state index in [9.17, 15) is 9.18 Å². The molecule has 0 bridgehead atoms. The minimum absolute atomic E-state index is 0.0776. The largest absolute Gasteiger partial charge is 0.354 e. The average molecular weight is 428 g/mol. The molecule has 8 heteroatoms. The van der Waals surface area contributed by atoms with Crippen LogP contribution in [0.5, 0.6) is 0 Å². The lowest BCUT2D eigenvalue weighted by Gasteiger charge is -2.10. The molecule has 160 valence electrons. The van der Waals surface area contributed by atoms with Crippen molar-refractivity contribution in [3.8, 4) is 17.1 Å². The lowest BCUT2D eigenvalue weighted by molar-refractivity contribution is 0.618. The van der Waals surface area contributed by atoms with Crippen LogP contribution < -0.4 is 10.9 Å². The maximum absolute atomic E-state index is 14.8. The Morgan fingerprint density at radius 3 is 2.59 bits per heavy atom. The van der Waals surface area contributed by atoms with Gasteiger partial charge in [-0.25, -0.2) is 14.4 Å². The Hall–Kier alpha value is -4.20. The predicted molar refractivity (Wildman–Crippen MR) is 123 cm³/mol. The van der Waals surface area contributed by atoms with Crippen LogP contribution in [0.2, 0.25) is 0 Å². The normalized spacial score (nSPS) is 11.2. The maximum Gasteiger partial charge on any atom is 0.250 e. The number of aromatic nitrogens is 5. The predicted octanol–water partition coefficient (Wildman–Crippen LogP) is 4.32. The van der Waals surface area contributed by atoms with Crippen molar-refractivity contribution in [1.82, 2.24) is 23.7 Å². The lowest BCUT2D eigenvalue weighted by Crippen LogP contribution is -2.14. The van der Waals surface area contributed by atoms with Gasteiger partial charge in [-0.1, -0.05) is 6.07 Å². The molecule has 0 amide bonds. The van der Waals surface area contributed by atoms with Gasteiger partial charge in [-0.15, -0.1) is 0 Å². The van der Waals surface area contributed by atoms with E-state index in [0.29, 0.717) is 11.4 Å². The van der Waals surface area contributed by atoms with E-state index in [1.165, 1.54) is 16.7 Å². The molecule has 3 aromatic heterocycles. The van der Waals surface area contributed by atoms with Crippen LogP contribution in [-0.2, 0) is 14.1 Å². The van der Waals surface area contributed by atoms with Crippen molar-refractivity contribution in [1.29, 1.82) is 0 Å². The first-order valence-electron chi connectivity index (χ1n) is 10.1. The van der Waals surface area contributed by atoms with Crippen molar-refractivity contribution >= 4 is 22.4 Å². The Labute approximate surface area is 183 Å². The molecule has 0 aliphatic heterocycles. The van der Waals surface area contributed by atoms with E-state index >= 15 is 0 Å². The van der Waals surface area contributed by atoms with E-state index in [1.807, 2.05) is 42.8 Å². The third-order valence-electron chi connectivity index (χ3n) is 5.47. The van der Waals surface area contributed by atoms with Gasteiger partial charge in [0.1, 0.15) is 17.2 Å². The SMILES string of the molecule is Cc1cn(-c2ccc(Nc3cccc4c3nc(-c3ccc(=O)n(C)c3)n4C)cc2F)cn1. The number of hydrogen-bond donors (Lipinski definition) is 1. The van der Waals surface area contributed by atoms with Crippen molar-refractivity contribution < 1.29 is 4.39 Å². The van der Waals surface area contributed by atoms with E-state index < -0.39 is 0 Å². The zero-order valence-corrected chi connectivity index (χ0v) is 17.9. The van der Waals surface area contributed by atoms with Gasteiger partial charge < -0.3 is 19.0 Å². The van der Waals surface area contributed by atoms with Crippen LogP contribution in [0.3, 0.4) is 0 Å². The molecule has 0 spiro atoms. The molecule has 32 heavy (non-hydrogen) atoms. The molecule has 5 aromatic rings. The Morgan fingerprint density at radius 2 is 1.88 bits per heavy atom. The van der Waals surface area contributed by atoms with Crippen molar-refractivity contribution in [2.45, 2.75) is 6.92 Å². The summed E-state index contributed by atoms with van der Waals surface area (Å²) in [6.45, 7) is 1.86. The van der Waals surface area contributed by atoms with Crippen molar-refractivity contribution in [3.63, 3.8) is 0 Å². The number of halogens is 1. The Balaban J connectivity index is 1.53. The summed E-state index contributed by atoms with van der Waals surface area (Å²) >= 11 is 0. The molecular formula is C24H21FN6O. The van der Waals surface area contributed by atoms with Crippen LogP contribution in [0.15, 0.2) is 72.0 Å². The third kappa shape index (κ3) is 3.35. The van der Waals surface area contributed by atoms with Gasteiger partial charge in [0.05, 0.1) is 28.9 Å². The fourth-order valence-electron chi connectivity index (χ4n) is 3.80. The lowest BCUT2D eigenvalue weighted by atomic mass is 10.2. The number of benzene rings is 2. The summed E-state index contributed by atoms with van der Waals surface area (Å²) in [5.74, 6) is 0.383. The van der Waals surface area contributed by atoms with E-state index in [1.54, 1.807) is 42.5 Å². The Morgan fingerprint density at radius 1 is 1.03 bits per heavy atom. The molecule has 3 heterocycles. The molecule has 0 unspecified atom stereocenters. The number of aryl methyl sites for hydroxylation is 3. The smallest absolute Gasteiger partial charge is 0.250 e. The van der Waals surface area contributed by atoms with Gasteiger partial charge in [-0.3, -0.25) is 4.79 Å². The van der Waals surface area contributed by atoms with Crippen LogP contribution in [0, 0.1) is 12.7 Å². The third-order valence-corrected chi connectivity index (χ3v) is 5.47. The molecule has 5 rings (SSSR count). The zero-order valence-electron chi connectivity index (χ0n) is 17.9. The highest BCUT2D eigenvalue weighted by atomic mass is 19.1. The first kappa shape index (κ1) is 19.7. The minimum atomic E-state index is -0.355. The molecule has 0 atom stereocenters. The molecule has 0 aliphatic carbocycles. The summed E-state index contributed by atoms with van der Waals surface area (Å²) in [6, 6.07) is 14.1. The van der Waals surface area contributed by atoms with E-state index in [4.69, 9.17) is 4.98 Å². The fraction of sp³-hybridized carbons (Fsp3) is 0.125. The van der Waals surface area contributed by atoms with Gasteiger partial charge in [0.15, 0.2) is 0 Å². The van der Waals surface area contributed by atoms with Gasteiger partial charge in [0, 0.05) is 43.8 Å². The number of nitrogens with zero attached hydrogens (tertiary/aromatic N) is 5. The van der Waals surface area contributed by atoms with Gasteiger partial charge in [0.2, 0.25) is 5.56 Å². The first-order valence-corrected chi connectivity index (χ1v) is 10.1. The Bertz CT molecular complexity index is 1530. The van der Waals surface area contributed by atoms with Gasteiger partial charge in [-0.05, 0) is 43.3 Å². The number of fused-ring (bicyclic) bond motifs is 1. The highest BCUT2D eigenvalue weighted by Gasteiger charge is 2.14. The topological polar surface area (TPSA) is 69.7 Å². The first-order chi connectivity index (χ1) is 15.4. The standard InChI is InChI=1S/C24H21FN6O/c1-15-12-31(14-26-15)20-9-8-17(11-18(20)25)27-19-5-4-6-21-23(19)28-24(30(21)3)16-7-10-22(32)29(2)13-16/h4-14,27H,1-3H3. The number of anilines is 2. The number of para-hydroxylation sites is 1. The molecule has 0 saturated heterocycles. The second-order valence-electron chi connectivity index (χ2n) is 7.75. The molecule has 7 nitrogen and oxygen atoms in total. The van der Waals surface area contributed by atoms with Crippen LogP contribution in [0.4, 0.5) is 15.8 Å². The average Bonchev–Trinajstić information content (AvgIpc) is 3.34. The monoisotopic (exact) mass is 428 g/mol. The molecule has 0 radical (unpaired) electrons. The maximum atomic E-state index is 14.8. The van der Waals surface area contributed by atoms with Crippen LogP contribution in [-0.4, -0.2) is 23.7 Å². The minimum Gasteiger partial charge on any atom is -0.354 e. The molecule has 1 N–H and O–H groups in total. The molecule has 0 saturated carbocycles. The summed E-state index contributed by atoms with van der Waals surface area (Å²) in [4.78, 5) is 20.7. The molecule has 2 aromatic carbocycles. The molecule has 0 aliphatic rings. The molecule has 0 fully saturated rings. The highest BCUT2D eigenvalue weighted by molar-refractivity contribution is 5.93. The fourth-order valence-corrected chi connectivity index (χ4v) is 3.80. The van der Waals surface area contributed by atoms with Crippen LogP contribution >= 0.6 is 0 Å². The molecular weight excluding hydrogens is 407 g/mol. The number of hydrogen-bond acceptors (Lipinski definition) is 4. The van der Waals surface area contributed by atoms with Gasteiger partial charge in [0.25, 0.3) is 0 Å². The highest BCUT2D eigenvalue weighted by Crippen LogP contribution is 2.30. The summed E-state index contributed by atoms with van der Waals surface area (Å²) < 4.78 is 20.0. The van der Waals surface area contributed by atoms with E-state index in [0.717, 1.165) is 33.8 Å². The van der Waals surface area contributed by atoms with Crippen molar-refractivity contribution in [3.05, 3.63) is 89.1 Å². The Kier molecular flexibility index (Phi) is 4.62. The van der Waals surface area contributed by atoms with Crippen LogP contribution in [0.1, 0.15) is 5.69 Å². The quantitative estimate of drug-likeness (QED) is 0.463. The second kappa shape index (κ2) is 7.49. The van der Waals surface area contributed by atoms with Crippen molar-refractivity contribution in [2.75, 3.05) is 5.32 Å². The number of nitrogens with one attached hydrogen (secondary N) is 1. The summed E-state index contributed by atoms with van der Waals surface area (Å²) in [5.41, 5.74) is 5.07. The van der Waals surface area contributed by atoms with Crippen molar-refractivity contribution in [2.24, 2.45) is 14.1 Å². The van der Waals surface area contributed by atoms with E-state index in [2.05, 4.69) is 10.3 Å². The number of imidazole rings is 2. The summed E-state index contributed by atoms with van der Waals surface area (Å²) in [5, 5.41) is 3.29. The number of pyridine rings is 1. The van der Waals surface area contributed by atoms with E-state index in [-0.39, 0.29) is 11.4 Å². The van der Waals surface area contributed by atoms with Crippen LogP contribution in [0.25, 0.3) is 28.1 Å². The summed E-state index contributed by atoms with van der Waals surface area (Å²) in [7, 11) is 3.64. The second-order valence-corrected chi connectivity index (χ2v) is 7.75.